The lowest BCUT2D eigenvalue weighted by atomic mass is 9.84. The van der Waals surface area contributed by atoms with Crippen LogP contribution >= 0.6 is 0 Å². The number of hydrogen-bond acceptors (Lipinski definition) is 3. The lowest BCUT2D eigenvalue weighted by molar-refractivity contribution is 0.544. The fourth-order valence-electron chi connectivity index (χ4n) is 8.91. The SMILES string of the molecule is CCC(CC(C)c1cc(N(c2ccccc2)c2ccccc2)cc(N(c2ccccc2)c2ccccc2)c1)c1ccc(-c2nccn2-c2c(C)c(C)c(C)c(C)c2C)cc1. The molecule has 0 N–H and O–H groups in total. The van der Waals surface area contributed by atoms with Crippen LogP contribution in [0.2, 0.25) is 0 Å². The Morgan fingerprint density at radius 1 is 0.483 bits per heavy atom. The molecule has 8 aromatic rings. The van der Waals surface area contributed by atoms with Gasteiger partial charge in [-0.15, -0.1) is 0 Å². The first-order valence-electron chi connectivity index (χ1n) is 21.4. The van der Waals surface area contributed by atoms with Crippen molar-refractivity contribution < 1.29 is 0 Å². The molecule has 7 aromatic carbocycles. The van der Waals surface area contributed by atoms with Gasteiger partial charge in [0.05, 0.1) is 5.69 Å². The Bertz CT molecular complexity index is 2460. The van der Waals surface area contributed by atoms with Crippen molar-refractivity contribution in [1.29, 1.82) is 0 Å². The lowest BCUT2D eigenvalue weighted by Gasteiger charge is -2.31. The molecule has 1 heterocycles. The molecule has 0 aliphatic heterocycles. The van der Waals surface area contributed by atoms with Crippen molar-refractivity contribution in [3.63, 3.8) is 0 Å². The van der Waals surface area contributed by atoms with E-state index in [1.165, 1.54) is 44.6 Å². The summed E-state index contributed by atoms with van der Waals surface area (Å²) in [4.78, 5) is 9.67. The highest BCUT2D eigenvalue weighted by Crippen LogP contribution is 2.44. The van der Waals surface area contributed by atoms with E-state index >= 15 is 0 Å². The highest BCUT2D eigenvalue weighted by Gasteiger charge is 2.23. The minimum Gasteiger partial charge on any atom is -0.310 e. The summed E-state index contributed by atoms with van der Waals surface area (Å²) in [6, 6.07) is 59.3. The predicted octanol–water partition coefficient (Wildman–Crippen LogP) is 15.7. The van der Waals surface area contributed by atoms with Crippen molar-refractivity contribution in [1.82, 2.24) is 9.55 Å². The molecule has 300 valence electrons. The van der Waals surface area contributed by atoms with Crippen LogP contribution in [0.3, 0.4) is 0 Å². The molecule has 0 saturated carbocycles. The molecule has 0 saturated heterocycles. The van der Waals surface area contributed by atoms with Gasteiger partial charge in [-0.05, 0) is 165 Å². The zero-order valence-electron chi connectivity index (χ0n) is 36.1. The third-order valence-corrected chi connectivity index (χ3v) is 12.7. The Morgan fingerprint density at radius 2 is 0.900 bits per heavy atom. The number of para-hydroxylation sites is 4. The van der Waals surface area contributed by atoms with Gasteiger partial charge in [-0.25, -0.2) is 4.98 Å². The molecule has 0 radical (unpaired) electrons. The topological polar surface area (TPSA) is 24.3 Å². The minimum atomic E-state index is 0.271. The van der Waals surface area contributed by atoms with Crippen molar-refractivity contribution in [2.45, 2.75) is 73.1 Å². The van der Waals surface area contributed by atoms with E-state index in [1.807, 2.05) is 6.20 Å². The third-order valence-electron chi connectivity index (χ3n) is 12.7. The van der Waals surface area contributed by atoms with Crippen molar-refractivity contribution in [3.05, 3.63) is 215 Å². The van der Waals surface area contributed by atoms with E-state index in [2.05, 4.69) is 233 Å². The van der Waals surface area contributed by atoms with Crippen LogP contribution in [-0.4, -0.2) is 9.55 Å². The molecule has 0 fully saturated rings. The van der Waals surface area contributed by atoms with Crippen LogP contribution < -0.4 is 9.80 Å². The normalized spacial score (nSPS) is 12.2. The average Bonchev–Trinajstić information content (AvgIpc) is 3.78. The zero-order chi connectivity index (χ0) is 41.8. The maximum absolute atomic E-state index is 4.90. The van der Waals surface area contributed by atoms with Gasteiger partial charge >= 0.3 is 0 Å². The van der Waals surface area contributed by atoms with E-state index in [0.717, 1.165) is 58.4 Å². The van der Waals surface area contributed by atoms with Crippen molar-refractivity contribution in [2.75, 3.05) is 9.80 Å². The molecule has 2 atom stereocenters. The Labute approximate surface area is 357 Å². The first-order chi connectivity index (χ1) is 29.2. The predicted molar refractivity (Wildman–Crippen MR) is 255 cm³/mol. The van der Waals surface area contributed by atoms with Crippen molar-refractivity contribution in [3.8, 4) is 17.1 Å². The molecule has 2 unspecified atom stereocenters. The van der Waals surface area contributed by atoms with E-state index in [4.69, 9.17) is 4.98 Å². The lowest BCUT2D eigenvalue weighted by Crippen LogP contribution is -2.14. The Kier molecular flexibility index (Phi) is 11.8. The van der Waals surface area contributed by atoms with Crippen molar-refractivity contribution in [2.24, 2.45) is 0 Å². The molecule has 4 heteroatoms. The molecule has 4 nitrogen and oxygen atoms in total. The average molecular weight is 785 g/mol. The van der Waals surface area contributed by atoms with E-state index in [1.54, 1.807) is 0 Å². The molecular weight excluding hydrogens is 729 g/mol. The molecule has 60 heavy (non-hydrogen) atoms. The van der Waals surface area contributed by atoms with Crippen LogP contribution in [0.15, 0.2) is 176 Å². The number of anilines is 6. The van der Waals surface area contributed by atoms with Gasteiger partial charge in [-0.3, -0.25) is 4.57 Å². The monoisotopic (exact) mass is 784 g/mol. The molecule has 0 spiro atoms. The van der Waals surface area contributed by atoms with Gasteiger partial charge in [0, 0.05) is 52.1 Å². The van der Waals surface area contributed by atoms with E-state index < -0.39 is 0 Å². The largest absolute Gasteiger partial charge is 0.310 e. The second-order valence-electron chi connectivity index (χ2n) is 16.3. The number of rotatable bonds is 13. The van der Waals surface area contributed by atoms with Gasteiger partial charge in [-0.1, -0.05) is 111 Å². The third kappa shape index (κ3) is 8.03. The van der Waals surface area contributed by atoms with E-state index in [-0.39, 0.29) is 5.92 Å². The summed E-state index contributed by atoms with van der Waals surface area (Å²) >= 11 is 0. The summed E-state index contributed by atoms with van der Waals surface area (Å²) in [6.07, 6.45) is 6.10. The van der Waals surface area contributed by atoms with Crippen LogP contribution in [0.4, 0.5) is 34.1 Å². The molecule has 1 aromatic heterocycles. The highest BCUT2D eigenvalue weighted by atomic mass is 15.2. The number of nitrogens with zero attached hydrogens (tertiary/aromatic N) is 4. The minimum absolute atomic E-state index is 0.271. The first kappa shape index (κ1) is 40.1. The second kappa shape index (κ2) is 17.7. The van der Waals surface area contributed by atoms with E-state index in [9.17, 15) is 0 Å². The number of aromatic nitrogens is 2. The highest BCUT2D eigenvalue weighted by molar-refractivity contribution is 5.83. The maximum Gasteiger partial charge on any atom is 0.144 e. The second-order valence-corrected chi connectivity index (χ2v) is 16.3. The molecular formula is C56H56N4. The molecule has 0 amide bonds. The van der Waals surface area contributed by atoms with Gasteiger partial charge in [0.15, 0.2) is 0 Å². The van der Waals surface area contributed by atoms with Gasteiger partial charge in [0.2, 0.25) is 0 Å². The van der Waals surface area contributed by atoms with Crippen LogP contribution in [0.1, 0.15) is 77.5 Å². The summed E-state index contributed by atoms with van der Waals surface area (Å²) in [5, 5.41) is 0. The molecule has 0 aliphatic rings. The molecule has 8 rings (SSSR count). The maximum atomic E-state index is 4.90. The van der Waals surface area contributed by atoms with Crippen LogP contribution in [0, 0.1) is 34.6 Å². The summed E-state index contributed by atoms with van der Waals surface area (Å²) in [5.74, 6) is 1.63. The number of benzene rings is 7. The number of imidazole rings is 1. The van der Waals surface area contributed by atoms with Crippen LogP contribution in [-0.2, 0) is 0 Å². The van der Waals surface area contributed by atoms with Crippen LogP contribution in [0.25, 0.3) is 17.1 Å². The first-order valence-corrected chi connectivity index (χ1v) is 21.4. The molecule has 0 aliphatic carbocycles. The smallest absolute Gasteiger partial charge is 0.144 e. The Balaban J connectivity index is 1.17. The van der Waals surface area contributed by atoms with Crippen LogP contribution in [0.5, 0.6) is 0 Å². The summed E-state index contributed by atoms with van der Waals surface area (Å²) in [5.41, 5.74) is 18.5. The standard InChI is InChI=1S/C56H56N4/c1-8-45(46-29-31-47(32-30-46)56-57-33-34-58(56)55-43(6)41(4)40(3)42(5)44(55)7)35-39(2)48-36-53(59(49-21-13-9-14-22-49)50-23-15-10-16-24-50)38-54(37-48)60(51-25-17-11-18-26-51)52-27-19-12-20-28-52/h9-34,36-39,45H,8,35H2,1-7H3. The summed E-state index contributed by atoms with van der Waals surface area (Å²) in [7, 11) is 0. The summed E-state index contributed by atoms with van der Waals surface area (Å²) < 4.78 is 2.28. The zero-order valence-corrected chi connectivity index (χ0v) is 36.1. The van der Waals surface area contributed by atoms with Gasteiger partial charge < -0.3 is 9.80 Å². The van der Waals surface area contributed by atoms with E-state index in [0.29, 0.717) is 5.92 Å². The number of hydrogen-bond donors (Lipinski definition) is 0. The Hall–Kier alpha value is -6.65. The van der Waals surface area contributed by atoms with Crippen molar-refractivity contribution >= 4 is 34.1 Å². The van der Waals surface area contributed by atoms with Gasteiger partial charge in [-0.2, -0.15) is 0 Å². The summed E-state index contributed by atoms with van der Waals surface area (Å²) in [6.45, 7) is 15.9. The fraction of sp³-hybridized carbons (Fsp3) is 0.196. The van der Waals surface area contributed by atoms with Gasteiger partial charge in [0.25, 0.3) is 0 Å². The Morgan fingerprint density at radius 3 is 1.32 bits per heavy atom. The quantitative estimate of drug-likeness (QED) is 0.116. The van der Waals surface area contributed by atoms with Gasteiger partial charge in [0.1, 0.15) is 5.82 Å². The molecule has 0 bridgehead atoms. The fourth-order valence-corrected chi connectivity index (χ4v) is 8.91.